The maximum absolute atomic E-state index is 5.55. The summed E-state index contributed by atoms with van der Waals surface area (Å²) in [6.07, 6.45) is 2.51. The van der Waals surface area contributed by atoms with E-state index in [0.717, 1.165) is 32.2 Å². The highest BCUT2D eigenvalue weighted by atomic mass is 16.5. The van der Waals surface area contributed by atoms with Gasteiger partial charge < -0.3 is 14.8 Å². The van der Waals surface area contributed by atoms with E-state index in [4.69, 9.17) is 9.47 Å². The van der Waals surface area contributed by atoms with Crippen LogP contribution in [-0.2, 0) is 9.47 Å². The topological polar surface area (TPSA) is 33.7 Å². The predicted octanol–water partition coefficient (Wildman–Crippen LogP) is 1.36. The van der Waals surface area contributed by atoms with Crippen molar-refractivity contribution in [2.45, 2.75) is 32.7 Å². The highest BCUT2D eigenvalue weighted by Gasteiger charge is 2.18. The predicted molar refractivity (Wildman–Crippen MR) is 75.0 cm³/mol. The number of nitrogens with one attached hydrogen (secondary N) is 1. The molecule has 1 aliphatic heterocycles. The van der Waals surface area contributed by atoms with E-state index in [1.807, 2.05) is 0 Å². The third-order valence-corrected chi connectivity index (χ3v) is 3.30. The molecule has 0 aromatic carbocycles. The monoisotopic (exact) mass is 258 g/mol. The van der Waals surface area contributed by atoms with Crippen molar-refractivity contribution in [3.63, 3.8) is 0 Å². The number of hydrogen-bond donors (Lipinski definition) is 1. The summed E-state index contributed by atoms with van der Waals surface area (Å²) in [6, 6.07) is 0.645. The van der Waals surface area contributed by atoms with Crippen molar-refractivity contribution in [3.05, 3.63) is 0 Å². The summed E-state index contributed by atoms with van der Waals surface area (Å²) in [5, 5.41) is 3.65. The van der Waals surface area contributed by atoms with Crippen LogP contribution in [-0.4, -0.2) is 64.1 Å². The molecule has 4 nitrogen and oxygen atoms in total. The van der Waals surface area contributed by atoms with Crippen LogP contribution >= 0.6 is 0 Å². The summed E-state index contributed by atoms with van der Waals surface area (Å²) in [5.41, 5.74) is 0. The van der Waals surface area contributed by atoms with Crippen LogP contribution in [0.1, 0.15) is 26.7 Å². The Balaban J connectivity index is 2.17. The molecule has 1 atom stereocenters. The van der Waals surface area contributed by atoms with Gasteiger partial charge in [0.1, 0.15) is 0 Å². The zero-order valence-electron chi connectivity index (χ0n) is 12.3. The zero-order chi connectivity index (χ0) is 13.2. The molecule has 18 heavy (non-hydrogen) atoms. The van der Waals surface area contributed by atoms with Gasteiger partial charge in [-0.25, -0.2) is 0 Å². The van der Waals surface area contributed by atoms with Crippen LogP contribution < -0.4 is 5.32 Å². The van der Waals surface area contributed by atoms with Crippen LogP contribution in [0.25, 0.3) is 0 Å². The molecule has 0 spiro atoms. The van der Waals surface area contributed by atoms with Gasteiger partial charge in [0.25, 0.3) is 0 Å². The van der Waals surface area contributed by atoms with E-state index < -0.39 is 0 Å². The van der Waals surface area contributed by atoms with Crippen molar-refractivity contribution < 1.29 is 9.47 Å². The standard InChI is InChI=1S/C14H30N2O2/c1-13(2)11-14-12-16(6-4-5-15-14)7-8-18-10-9-17-3/h13-15H,4-12H2,1-3H3. The van der Waals surface area contributed by atoms with Crippen LogP contribution in [0.2, 0.25) is 0 Å². The number of ether oxygens (including phenoxy) is 2. The smallest absolute Gasteiger partial charge is 0.0700 e. The highest BCUT2D eigenvalue weighted by molar-refractivity contribution is 4.77. The van der Waals surface area contributed by atoms with Crippen LogP contribution in [0.15, 0.2) is 0 Å². The van der Waals surface area contributed by atoms with Crippen LogP contribution in [0.5, 0.6) is 0 Å². The molecule has 0 aliphatic carbocycles. The first-order chi connectivity index (χ1) is 8.72. The summed E-state index contributed by atoms with van der Waals surface area (Å²) >= 11 is 0. The van der Waals surface area contributed by atoms with Gasteiger partial charge in [-0.3, -0.25) is 4.90 Å². The van der Waals surface area contributed by atoms with Gasteiger partial charge in [-0.1, -0.05) is 13.8 Å². The molecule has 1 saturated heterocycles. The van der Waals surface area contributed by atoms with Crippen LogP contribution in [0, 0.1) is 5.92 Å². The average Bonchev–Trinajstić information content (AvgIpc) is 2.53. The fourth-order valence-corrected chi connectivity index (χ4v) is 2.44. The lowest BCUT2D eigenvalue weighted by Crippen LogP contribution is -2.39. The molecule has 0 amide bonds. The molecule has 0 aromatic heterocycles. The second-order valence-electron chi connectivity index (χ2n) is 5.54. The molecule has 1 rings (SSSR count). The zero-order valence-corrected chi connectivity index (χ0v) is 12.3. The Bertz CT molecular complexity index is 200. The van der Waals surface area contributed by atoms with Gasteiger partial charge in [0.2, 0.25) is 0 Å². The van der Waals surface area contributed by atoms with E-state index in [1.165, 1.54) is 19.4 Å². The maximum atomic E-state index is 5.55. The fourth-order valence-electron chi connectivity index (χ4n) is 2.44. The molecule has 1 unspecified atom stereocenters. The Morgan fingerprint density at radius 2 is 2.11 bits per heavy atom. The van der Waals surface area contributed by atoms with E-state index in [2.05, 4.69) is 24.1 Å². The van der Waals surface area contributed by atoms with E-state index in [9.17, 15) is 0 Å². The maximum Gasteiger partial charge on any atom is 0.0700 e. The largest absolute Gasteiger partial charge is 0.382 e. The first-order valence-electron chi connectivity index (χ1n) is 7.24. The molecule has 1 aliphatic rings. The quantitative estimate of drug-likeness (QED) is 0.667. The van der Waals surface area contributed by atoms with Crippen molar-refractivity contribution in [2.75, 3.05) is 53.1 Å². The lowest BCUT2D eigenvalue weighted by Gasteiger charge is -2.25. The summed E-state index contributed by atoms with van der Waals surface area (Å²) < 4.78 is 10.5. The molecular formula is C14H30N2O2. The molecule has 108 valence electrons. The minimum absolute atomic E-state index is 0.645. The Hall–Kier alpha value is -0.160. The average molecular weight is 258 g/mol. The molecule has 0 saturated carbocycles. The minimum atomic E-state index is 0.645. The first-order valence-corrected chi connectivity index (χ1v) is 7.24. The molecule has 0 aromatic rings. The summed E-state index contributed by atoms with van der Waals surface area (Å²) in [5.74, 6) is 0.764. The highest BCUT2D eigenvalue weighted by Crippen LogP contribution is 2.09. The van der Waals surface area contributed by atoms with Crippen molar-refractivity contribution in [2.24, 2.45) is 5.92 Å². The van der Waals surface area contributed by atoms with Gasteiger partial charge in [-0.15, -0.1) is 0 Å². The van der Waals surface area contributed by atoms with E-state index in [1.54, 1.807) is 7.11 Å². The van der Waals surface area contributed by atoms with Gasteiger partial charge in [-0.2, -0.15) is 0 Å². The van der Waals surface area contributed by atoms with Crippen molar-refractivity contribution in [3.8, 4) is 0 Å². The van der Waals surface area contributed by atoms with Crippen molar-refractivity contribution in [1.82, 2.24) is 10.2 Å². The molecule has 1 fully saturated rings. The van der Waals surface area contributed by atoms with E-state index in [-0.39, 0.29) is 0 Å². The van der Waals surface area contributed by atoms with Gasteiger partial charge >= 0.3 is 0 Å². The lowest BCUT2D eigenvalue weighted by atomic mass is 10.0. The molecule has 1 heterocycles. The van der Waals surface area contributed by atoms with E-state index in [0.29, 0.717) is 19.3 Å². The summed E-state index contributed by atoms with van der Waals surface area (Å²) in [7, 11) is 1.71. The second kappa shape index (κ2) is 9.73. The van der Waals surface area contributed by atoms with Gasteiger partial charge in [0.15, 0.2) is 0 Å². The van der Waals surface area contributed by atoms with Gasteiger partial charge in [-0.05, 0) is 31.8 Å². The van der Waals surface area contributed by atoms with E-state index >= 15 is 0 Å². The SMILES string of the molecule is COCCOCCN1CCCNC(CC(C)C)C1. The fraction of sp³-hybridized carbons (Fsp3) is 1.00. The number of rotatable bonds is 8. The molecule has 0 radical (unpaired) electrons. The number of hydrogen-bond acceptors (Lipinski definition) is 4. The Morgan fingerprint density at radius 3 is 2.83 bits per heavy atom. The van der Waals surface area contributed by atoms with Crippen LogP contribution in [0.3, 0.4) is 0 Å². The number of methoxy groups -OCH3 is 1. The minimum Gasteiger partial charge on any atom is -0.382 e. The first kappa shape index (κ1) is 15.9. The Morgan fingerprint density at radius 1 is 1.28 bits per heavy atom. The summed E-state index contributed by atoms with van der Waals surface area (Å²) in [6.45, 7) is 11.3. The number of nitrogens with zero attached hydrogens (tertiary/aromatic N) is 1. The second-order valence-corrected chi connectivity index (χ2v) is 5.54. The van der Waals surface area contributed by atoms with Crippen LogP contribution in [0.4, 0.5) is 0 Å². The normalized spacial score (nSPS) is 22.3. The van der Waals surface area contributed by atoms with Gasteiger partial charge in [0.05, 0.1) is 19.8 Å². The molecular weight excluding hydrogens is 228 g/mol. The van der Waals surface area contributed by atoms with Crippen molar-refractivity contribution in [1.29, 1.82) is 0 Å². The lowest BCUT2D eigenvalue weighted by molar-refractivity contribution is 0.0566. The third-order valence-electron chi connectivity index (χ3n) is 3.30. The summed E-state index contributed by atoms with van der Waals surface area (Å²) in [4.78, 5) is 2.53. The Labute approximate surface area is 112 Å². The third kappa shape index (κ3) is 7.31. The molecule has 1 N–H and O–H groups in total. The molecule has 0 bridgehead atoms. The van der Waals surface area contributed by atoms with Crippen molar-refractivity contribution >= 4 is 0 Å². The Kier molecular flexibility index (Phi) is 8.59. The van der Waals surface area contributed by atoms with Gasteiger partial charge in [0, 0.05) is 26.2 Å². The molecule has 4 heteroatoms.